The Hall–Kier alpha value is -1.83. The summed E-state index contributed by atoms with van der Waals surface area (Å²) in [6.45, 7) is 1.92. The number of nitrogens with one attached hydrogen (secondary N) is 1. The van der Waals surface area contributed by atoms with Crippen molar-refractivity contribution in [1.82, 2.24) is 15.0 Å². The van der Waals surface area contributed by atoms with Crippen LogP contribution in [0.15, 0.2) is 29.2 Å². The van der Waals surface area contributed by atoms with E-state index in [0.717, 1.165) is 4.88 Å². The number of fused-ring (bicyclic) bond motifs is 1. The lowest BCUT2D eigenvalue weighted by atomic mass is 10.2. The van der Waals surface area contributed by atoms with E-state index in [1.807, 2.05) is 6.92 Å². The number of aromatic amines is 1. The highest BCUT2D eigenvalue weighted by Gasteiger charge is 2.13. The van der Waals surface area contributed by atoms with Crippen LogP contribution in [-0.4, -0.2) is 15.0 Å². The minimum absolute atomic E-state index is 0. The standard InChI is InChI=1S/C14H13FN4OS.ClH/c1-2-8(16)13-18-9-6-10(21-12(9)14(20)19-13)7-3-4-17-11(15)5-7;/h3-6,8H,2,16H2,1H3,(H,18,19,20);1H/t8-;/m0./s1. The lowest BCUT2D eigenvalue weighted by Gasteiger charge is -2.06. The smallest absolute Gasteiger partial charge is 0.268 e. The topological polar surface area (TPSA) is 84.7 Å². The summed E-state index contributed by atoms with van der Waals surface area (Å²) in [6.07, 6.45) is 2.08. The normalized spacial score (nSPS) is 12.1. The maximum absolute atomic E-state index is 13.2. The van der Waals surface area contributed by atoms with E-state index in [1.54, 1.807) is 12.1 Å². The Kier molecular flexibility index (Phi) is 4.90. The summed E-state index contributed by atoms with van der Waals surface area (Å²) in [5.41, 5.74) is 6.94. The lowest BCUT2D eigenvalue weighted by molar-refractivity contribution is 0.584. The lowest BCUT2D eigenvalue weighted by Crippen LogP contribution is -2.18. The highest BCUT2D eigenvalue weighted by molar-refractivity contribution is 7.22. The van der Waals surface area contributed by atoms with Gasteiger partial charge in [-0.2, -0.15) is 4.39 Å². The maximum Gasteiger partial charge on any atom is 0.268 e. The second-order valence-electron chi connectivity index (χ2n) is 4.66. The van der Waals surface area contributed by atoms with E-state index in [2.05, 4.69) is 15.0 Å². The van der Waals surface area contributed by atoms with E-state index >= 15 is 0 Å². The van der Waals surface area contributed by atoms with E-state index < -0.39 is 5.95 Å². The Morgan fingerprint density at radius 2 is 2.23 bits per heavy atom. The fourth-order valence-corrected chi connectivity index (χ4v) is 3.01. The van der Waals surface area contributed by atoms with E-state index in [1.165, 1.54) is 23.6 Å². The predicted molar refractivity (Wildman–Crippen MR) is 87.9 cm³/mol. The van der Waals surface area contributed by atoms with Crippen LogP contribution in [0.4, 0.5) is 4.39 Å². The first-order valence-corrected chi connectivity index (χ1v) is 7.31. The summed E-state index contributed by atoms with van der Waals surface area (Å²) >= 11 is 1.27. The van der Waals surface area contributed by atoms with Gasteiger partial charge < -0.3 is 10.7 Å². The summed E-state index contributed by atoms with van der Waals surface area (Å²) in [4.78, 5) is 23.5. The van der Waals surface area contributed by atoms with E-state index in [0.29, 0.717) is 28.0 Å². The molecular weight excluding hydrogens is 327 g/mol. The predicted octanol–water partition coefficient (Wildman–Crippen LogP) is 3.02. The molecular formula is C14H14ClFN4OS. The van der Waals surface area contributed by atoms with Crippen LogP contribution in [0, 0.1) is 5.95 Å². The molecule has 116 valence electrons. The van der Waals surface area contributed by atoms with Crippen molar-refractivity contribution in [3.8, 4) is 10.4 Å². The number of hydrogen-bond donors (Lipinski definition) is 2. The van der Waals surface area contributed by atoms with Crippen molar-refractivity contribution in [2.75, 3.05) is 0 Å². The first kappa shape index (κ1) is 16.5. The van der Waals surface area contributed by atoms with Gasteiger partial charge in [-0.15, -0.1) is 23.7 Å². The number of nitrogens with zero attached hydrogens (tertiary/aromatic N) is 2. The number of aromatic nitrogens is 3. The third-order valence-corrected chi connectivity index (χ3v) is 4.38. The van der Waals surface area contributed by atoms with Crippen molar-refractivity contribution < 1.29 is 4.39 Å². The molecule has 22 heavy (non-hydrogen) atoms. The number of halogens is 2. The highest BCUT2D eigenvalue weighted by Crippen LogP contribution is 2.31. The van der Waals surface area contributed by atoms with Gasteiger partial charge >= 0.3 is 0 Å². The summed E-state index contributed by atoms with van der Waals surface area (Å²) in [5, 5.41) is 0. The molecule has 0 saturated carbocycles. The minimum Gasteiger partial charge on any atom is -0.321 e. The molecule has 0 bridgehead atoms. The SMILES string of the molecule is CC[C@H](N)c1nc2cc(-c3ccnc(F)c3)sc2c(=O)[nH]1.Cl. The zero-order valence-electron chi connectivity index (χ0n) is 11.7. The Bertz CT molecular complexity index is 863. The molecule has 0 saturated heterocycles. The number of rotatable bonds is 3. The number of hydrogen-bond acceptors (Lipinski definition) is 5. The average molecular weight is 341 g/mol. The highest BCUT2D eigenvalue weighted by atomic mass is 35.5. The molecule has 0 spiro atoms. The maximum atomic E-state index is 13.2. The van der Waals surface area contributed by atoms with Crippen molar-refractivity contribution in [3.05, 3.63) is 46.5 Å². The molecule has 1 atom stereocenters. The molecule has 0 aromatic carbocycles. The Morgan fingerprint density at radius 1 is 1.45 bits per heavy atom. The molecule has 3 N–H and O–H groups in total. The fraction of sp³-hybridized carbons (Fsp3) is 0.214. The largest absolute Gasteiger partial charge is 0.321 e. The molecule has 0 aliphatic carbocycles. The summed E-state index contributed by atoms with van der Waals surface area (Å²) < 4.78 is 13.7. The number of nitrogens with two attached hydrogens (primary N) is 1. The number of H-pyrrole nitrogens is 1. The molecule has 0 fully saturated rings. The van der Waals surface area contributed by atoms with Crippen LogP contribution in [0.3, 0.4) is 0 Å². The third kappa shape index (κ3) is 3.01. The van der Waals surface area contributed by atoms with Gasteiger partial charge in [-0.1, -0.05) is 6.92 Å². The van der Waals surface area contributed by atoms with E-state index in [9.17, 15) is 9.18 Å². The summed E-state index contributed by atoms with van der Waals surface area (Å²) in [5.74, 6) is -0.0826. The van der Waals surface area contributed by atoms with Crippen LogP contribution < -0.4 is 11.3 Å². The van der Waals surface area contributed by atoms with Crippen LogP contribution in [0.5, 0.6) is 0 Å². The summed E-state index contributed by atoms with van der Waals surface area (Å²) in [6, 6.07) is 4.50. The quantitative estimate of drug-likeness (QED) is 0.718. The van der Waals surface area contributed by atoms with Crippen LogP contribution in [-0.2, 0) is 0 Å². The van der Waals surface area contributed by atoms with Crippen molar-refractivity contribution in [3.63, 3.8) is 0 Å². The molecule has 3 rings (SSSR count). The van der Waals surface area contributed by atoms with Crippen molar-refractivity contribution in [2.24, 2.45) is 5.73 Å². The van der Waals surface area contributed by atoms with Crippen LogP contribution in [0.2, 0.25) is 0 Å². The molecule has 0 aliphatic rings. The van der Waals surface area contributed by atoms with Crippen molar-refractivity contribution >= 4 is 34.0 Å². The van der Waals surface area contributed by atoms with Gasteiger partial charge in [0, 0.05) is 17.1 Å². The Labute approximate surface area is 135 Å². The molecule has 3 aromatic rings. The van der Waals surface area contributed by atoms with Gasteiger partial charge in [0.25, 0.3) is 5.56 Å². The molecule has 3 heterocycles. The molecule has 0 aliphatic heterocycles. The van der Waals surface area contributed by atoms with Crippen molar-refractivity contribution in [1.29, 1.82) is 0 Å². The number of thiophene rings is 1. The molecule has 3 aromatic heterocycles. The van der Waals surface area contributed by atoms with Crippen LogP contribution in [0.1, 0.15) is 25.2 Å². The molecule has 0 unspecified atom stereocenters. The first-order valence-electron chi connectivity index (χ1n) is 6.49. The van der Waals surface area contributed by atoms with Gasteiger partial charge in [-0.3, -0.25) is 4.79 Å². The van der Waals surface area contributed by atoms with Gasteiger partial charge in [-0.25, -0.2) is 9.97 Å². The van der Waals surface area contributed by atoms with Gasteiger partial charge in [0.15, 0.2) is 0 Å². The Balaban J connectivity index is 0.00000176. The number of pyridine rings is 1. The zero-order valence-corrected chi connectivity index (χ0v) is 13.3. The molecule has 0 amide bonds. The second-order valence-corrected chi connectivity index (χ2v) is 5.71. The second kappa shape index (κ2) is 6.51. The Morgan fingerprint density at radius 3 is 2.91 bits per heavy atom. The zero-order chi connectivity index (χ0) is 15.0. The molecule has 5 nitrogen and oxygen atoms in total. The molecule has 8 heteroatoms. The van der Waals surface area contributed by atoms with Gasteiger partial charge in [-0.05, 0) is 24.1 Å². The monoisotopic (exact) mass is 340 g/mol. The summed E-state index contributed by atoms with van der Waals surface area (Å²) in [7, 11) is 0. The third-order valence-electron chi connectivity index (χ3n) is 3.20. The van der Waals surface area contributed by atoms with E-state index in [4.69, 9.17) is 5.73 Å². The fourth-order valence-electron chi connectivity index (χ4n) is 2.02. The van der Waals surface area contributed by atoms with Crippen LogP contribution in [0.25, 0.3) is 20.7 Å². The van der Waals surface area contributed by atoms with E-state index in [-0.39, 0.29) is 24.0 Å². The average Bonchev–Trinajstić information content (AvgIpc) is 2.91. The minimum atomic E-state index is -0.555. The van der Waals surface area contributed by atoms with Gasteiger partial charge in [0.1, 0.15) is 10.5 Å². The molecule has 0 radical (unpaired) electrons. The van der Waals surface area contributed by atoms with Crippen molar-refractivity contribution in [2.45, 2.75) is 19.4 Å². The first-order chi connectivity index (χ1) is 10.1. The van der Waals surface area contributed by atoms with Gasteiger partial charge in [0.05, 0.1) is 11.6 Å². The van der Waals surface area contributed by atoms with Crippen LogP contribution >= 0.6 is 23.7 Å². The van der Waals surface area contributed by atoms with Gasteiger partial charge in [0.2, 0.25) is 5.95 Å².